The smallest absolute Gasteiger partial charge is 0.264 e. The molecule has 182 valence electrons. The Balaban J connectivity index is 1.60. The van der Waals surface area contributed by atoms with Crippen LogP contribution < -0.4 is 9.62 Å². The highest BCUT2D eigenvalue weighted by Gasteiger charge is 2.28. The Labute approximate surface area is 205 Å². The molecule has 1 saturated heterocycles. The van der Waals surface area contributed by atoms with Crippen molar-refractivity contribution in [1.29, 1.82) is 0 Å². The monoisotopic (exact) mass is 493 g/mol. The maximum absolute atomic E-state index is 13.5. The van der Waals surface area contributed by atoms with Crippen LogP contribution in [0.15, 0.2) is 83.8 Å². The van der Waals surface area contributed by atoms with Crippen LogP contribution in [0.1, 0.15) is 15.9 Å². The molecule has 35 heavy (non-hydrogen) atoms. The van der Waals surface area contributed by atoms with Gasteiger partial charge in [0, 0.05) is 13.1 Å². The van der Waals surface area contributed by atoms with Gasteiger partial charge in [-0.3, -0.25) is 13.9 Å². The standard InChI is InChI=1S/C26H27N3O5S/c1-20-11-13-21(14-12-20)29(35(32,33)22-7-3-2-4-8-22)19-25(30)27-24-10-6-5-9-23(24)26(31)28-15-17-34-18-16-28/h2-14H,15-19H2,1H3,(H,27,30). The van der Waals surface area contributed by atoms with Gasteiger partial charge in [0.15, 0.2) is 0 Å². The van der Waals surface area contributed by atoms with Crippen molar-refractivity contribution in [3.8, 4) is 0 Å². The van der Waals surface area contributed by atoms with Crippen molar-refractivity contribution >= 4 is 33.2 Å². The van der Waals surface area contributed by atoms with Crippen LogP contribution in [-0.2, 0) is 19.6 Å². The molecule has 4 rings (SSSR count). The first kappa shape index (κ1) is 24.4. The fourth-order valence-corrected chi connectivity index (χ4v) is 5.22. The number of para-hydroxylation sites is 1. The number of benzene rings is 3. The molecule has 3 aromatic carbocycles. The number of morpholine rings is 1. The third-order valence-electron chi connectivity index (χ3n) is 5.67. The van der Waals surface area contributed by atoms with E-state index in [0.717, 1.165) is 9.87 Å². The van der Waals surface area contributed by atoms with Crippen molar-refractivity contribution in [1.82, 2.24) is 4.90 Å². The number of anilines is 2. The second kappa shape index (κ2) is 10.7. The van der Waals surface area contributed by atoms with Crippen molar-refractivity contribution < 1.29 is 22.7 Å². The molecule has 0 bridgehead atoms. The second-order valence-corrected chi connectivity index (χ2v) is 10.0. The highest BCUT2D eigenvalue weighted by molar-refractivity contribution is 7.92. The van der Waals surface area contributed by atoms with E-state index in [-0.39, 0.29) is 10.8 Å². The van der Waals surface area contributed by atoms with Crippen LogP contribution in [0.5, 0.6) is 0 Å². The number of nitrogens with one attached hydrogen (secondary N) is 1. The zero-order valence-electron chi connectivity index (χ0n) is 19.4. The number of hydrogen-bond donors (Lipinski definition) is 1. The lowest BCUT2D eigenvalue weighted by atomic mass is 10.1. The second-order valence-electron chi connectivity index (χ2n) is 8.16. The number of hydrogen-bond acceptors (Lipinski definition) is 5. The topological polar surface area (TPSA) is 96.0 Å². The highest BCUT2D eigenvalue weighted by atomic mass is 32.2. The summed E-state index contributed by atoms with van der Waals surface area (Å²) in [7, 11) is -4.01. The van der Waals surface area contributed by atoms with E-state index in [4.69, 9.17) is 4.74 Å². The Morgan fingerprint density at radius 2 is 1.54 bits per heavy atom. The Kier molecular flexibility index (Phi) is 7.48. The molecule has 8 nitrogen and oxygen atoms in total. The number of nitrogens with zero attached hydrogens (tertiary/aromatic N) is 2. The van der Waals surface area contributed by atoms with Gasteiger partial charge in [0.1, 0.15) is 6.54 Å². The van der Waals surface area contributed by atoms with Crippen LogP contribution >= 0.6 is 0 Å². The molecule has 1 N–H and O–H groups in total. The Morgan fingerprint density at radius 1 is 0.914 bits per heavy atom. The largest absolute Gasteiger partial charge is 0.378 e. The van der Waals surface area contributed by atoms with Crippen LogP contribution in [0, 0.1) is 6.92 Å². The van der Waals surface area contributed by atoms with E-state index in [2.05, 4.69) is 5.32 Å². The zero-order valence-corrected chi connectivity index (χ0v) is 20.2. The molecule has 9 heteroatoms. The third kappa shape index (κ3) is 5.70. The molecule has 0 aliphatic carbocycles. The number of amides is 2. The van der Waals surface area contributed by atoms with Gasteiger partial charge in [0.05, 0.1) is 35.0 Å². The molecule has 2 amide bonds. The van der Waals surface area contributed by atoms with Crippen LogP contribution in [0.2, 0.25) is 0 Å². The summed E-state index contributed by atoms with van der Waals surface area (Å²) in [6.07, 6.45) is 0. The van der Waals surface area contributed by atoms with Gasteiger partial charge in [-0.15, -0.1) is 0 Å². The normalized spacial score (nSPS) is 13.8. The number of ether oxygens (including phenoxy) is 1. The summed E-state index contributed by atoms with van der Waals surface area (Å²) in [6.45, 7) is 3.30. The number of aryl methyl sites for hydroxylation is 1. The molecule has 3 aromatic rings. The van der Waals surface area contributed by atoms with Crippen molar-refractivity contribution in [2.24, 2.45) is 0 Å². The van der Waals surface area contributed by atoms with Gasteiger partial charge in [-0.25, -0.2) is 8.42 Å². The predicted molar refractivity (Wildman–Crippen MR) is 134 cm³/mol. The Bertz CT molecular complexity index is 1290. The first-order chi connectivity index (χ1) is 16.9. The minimum absolute atomic E-state index is 0.0799. The van der Waals surface area contributed by atoms with E-state index in [1.807, 2.05) is 6.92 Å². The maximum atomic E-state index is 13.5. The van der Waals surface area contributed by atoms with E-state index in [1.165, 1.54) is 12.1 Å². The zero-order chi connectivity index (χ0) is 24.8. The summed E-state index contributed by atoms with van der Waals surface area (Å²) in [5, 5.41) is 2.74. The van der Waals surface area contributed by atoms with Crippen LogP contribution in [-0.4, -0.2) is 58.0 Å². The van der Waals surface area contributed by atoms with Crippen LogP contribution in [0.3, 0.4) is 0 Å². The first-order valence-corrected chi connectivity index (χ1v) is 12.7. The molecule has 0 spiro atoms. The fourth-order valence-electron chi connectivity index (χ4n) is 3.78. The quantitative estimate of drug-likeness (QED) is 0.545. The van der Waals surface area contributed by atoms with Crippen molar-refractivity contribution in [3.05, 3.63) is 90.0 Å². The molecule has 1 fully saturated rings. The van der Waals surface area contributed by atoms with Crippen molar-refractivity contribution in [2.45, 2.75) is 11.8 Å². The fraction of sp³-hybridized carbons (Fsp3) is 0.231. The molecule has 1 aliphatic heterocycles. The van der Waals surface area contributed by atoms with Gasteiger partial charge in [0.25, 0.3) is 15.9 Å². The van der Waals surface area contributed by atoms with E-state index in [0.29, 0.717) is 43.2 Å². The van der Waals surface area contributed by atoms with Gasteiger partial charge in [0.2, 0.25) is 5.91 Å². The summed E-state index contributed by atoms with van der Waals surface area (Å²) < 4.78 is 33.3. The van der Waals surface area contributed by atoms with Crippen LogP contribution in [0.4, 0.5) is 11.4 Å². The average Bonchev–Trinajstić information content (AvgIpc) is 2.89. The number of carbonyl (C=O) groups is 2. The molecule has 1 aliphatic rings. The summed E-state index contributed by atoms with van der Waals surface area (Å²) >= 11 is 0. The number of carbonyl (C=O) groups excluding carboxylic acids is 2. The molecule has 0 radical (unpaired) electrons. The highest BCUT2D eigenvalue weighted by Crippen LogP contribution is 2.25. The van der Waals surface area contributed by atoms with Crippen molar-refractivity contribution in [2.75, 3.05) is 42.5 Å². The maximum Gasteiger partial charge on any atom is 0.264 e. The molecule has 0 unspecified atom stereocenters. The van der Waals surface area contributed by atoms with Gasteiger partial charge in [-0.2, -0.15) is 0 Å². The lowest BCUT2D eigenvalue weighted by Gasteiger charge is -2.28. The lowest BCUT2D eigenvalue weighted by Crippen LogP contribution is -2.41. The predicted octanol–water partition coefficient (Wildman–Crippen LogP) is 3.30. The molecule has 0 aromatic heterocycles. The Hall–Kier alpha value is -3.69. The summed E-state index contributed by atoms with van der Waals surface area (Å²) in [6, 6.07) is 21.6. The average molecular weight is 494 g/mol. The van der Waals surface area contributed by atoms with Gasteiger partial charge in [-0.05, 0) is 43.3 Å². The number of rotatable bonds is 7. The minimum atomic E-state index is -4.01. The van der Waals surface area contributed by atoms with E-state index < -0.39 is 22.5 Å². The van der Waals surface area contributed by atoms with Gasteiger partial charge < -0.3 is 15.0 Å². The summed E-state index contributed by atoms with van der Waals surface area (Å²) in [5.41, 5.74) is 2.00. The van der Waals surface area contributed by atoms with E-state index >= 15 is 0 Å². The van der Waals surface area contributed by atoms with E-state index in [1.54, 1.807) is 71.6 Å². The summed E-state index contributed by atoms with van der Waals surface area (Å²) in [5.74, 6) is -0.774. The Morgan fingerprint density at radius 3 is 2.23 bits per heavy atom. The van der Waals surface area contributed by atoms with Gasteiger partial charge >= 0.3 is 0 Å². The minimum Gasteiger partial charge on any atom is -0.378 e. The molecule has 0 saturated carbocycles. The lowest BCUT2D eigenvalue weighted by molar-refractivity contribution is -0.114. The SMILES string of the molecule is Cc1ccc(N(CC(=O)Nc2ccccc2C(=O)N2CCOCC2)S(=O)(=O)c2ccccc2)cc1. The molecule has 0 atom stereocenters. The third-order valence-corrected chi connectivity index (χ3v) is 7.46. The van der Waals surface area contributed by atoms with Gasteiger partial charge in [-0.1, -0.05) is 48.0 Å². The van der Waals surface area contributed by atoms with E-state index in [9.17, 15) is 18.0 Å². The summed E-state index contributed by atoms with van der Waals surface area (Å²) in [4.78, 5) is 27.9. The number of sulfonamides is 1. The van der Waals surface area contributed by atoms with Crippen molar-refractivity contribution in [3.63, 3.8) is 0 Å². The first-order valence-electron chi connectivity index (χ1n) is 11.3. The molecular weight excluding hydrogens is 466 g/mol. The van der Waals surface area contributed by atoms with Crippen LogP contribution in [0.25, 0.3) is 0 Å². The molecular formula is C26H27N3O5S. The molecule has 1 heterocycles.